The monoisotopic (exact) mass is 558 g/mol. The lowest BCUT2D eigenvalue weighted by molar-refractivity contribution is -0.148. The van der Waals surface area contributed by atoms with Gasteiger partial charge in [-0.05, 0) is 55.4 Å². The molecule has 0 aromatic heterocycles. The molecular weight excluding hydrogens is 528 g/mol. The summed E-state index contributed by atoms with van der Waals surface area (Å²) in [6.07, 6.45) is 0.288. The molecule has 0 spiro atoms. The van der Waals surface area contributed by atoms with Gasteiger partial charge in [0.1, 0.15) is 22.8 Å². The number of aliphatic hydroxyl groups is 3. The third-order valence-electron chi connectivity index (χ3n) is 9.12. The summed E-state index contributed by atoms with van der Waals surface area (Å²) in [6.45, 7) is 9.07. The van der Waals surface area contributed by atoms with E-state index in [0.717, 1.165) is 10.9 Å². The van der Waals surface area contributed by atoms with Crippen LogP contribution in [0.2, 0.25) is 0 Å². The van der Waals surface area contributed by atoms with Gasteiger partial charge in [-0.2, -0.15) is 0 Å². The van der Waals surface area contributed by atoms with Crippen molar-refractivity contribution in [3.8, 4) is 5.75 Å². The van der Waals surface area contributed by atoms with Crippen molar-refractivity contribution in [1.82, 2.24) is 9.80 Å². The molecule has 2 aromatic rings. The Kier molecular flexibility index (Phi) is 6.01. The van der Waals surface area contributed by atoms with Crippen molar-refractivity contribution in [3.05, 3.63) is 75.0 Å². The number of carbonyl (C=O) groups excluding carboxylic acids is 3. The third-order valence-corrected chi connectivity index (χ3v) is 9.12. The van der Waals surface area contributed by atoms with E-state index >= 15 is 0 Å². The molecule has 4 atom stereocenters. The smallest absolute Gasteiger partial charge is 0.255 e. The summed E-state index contributed by atoms with van der Waals surface area (Å²) in [6, 6.07) is 6.42. The van der Waals surface area contributed by atoms with Gasteiger partial charge in [0.15, 0.2) is 11.4 Å². The van der Waals surface area contributed by atoms with E-state index in [1.807, 2.05) is 18.2 Å². The molecule has 41 heavy (non-hydrogen) atoms. The van der Waals surface area contributed by atoms with E-state index in [9.17, 15) is 34.8 Å². The molecule has 6 N–H and O–H groups in total. The number of ketones is 2. The Hall–Kier alpha value is -4.24. The number of nitrogens with two attached hydrogens (primary N) is 1. The van der Waals surface area contributed by atoms with E-state index in [1.165, 1.54) is 4.90 Å². The minimum absolute atomic E-state index is 0.00475. The molecule has 1 heterocycles. The largest absolute Gasteiger partial charge is 0.510 e. The molecule has 2 aromatic carbocycles. The second-order valence-electron chi connectivity index (χ2n) is 11.8. The first-order chi connectivity index (χ1) is 19.4. The average Bonchev–Trinajstić information content (AvgIpc) is 2.88. The highest BCUT2D eigenvalue weighted by atomic mass is 16.3. The van der Waals surface area contributed by atoms with Crippen molar-refractivity contribution < 1.29 is 34.8 Å². The number of aliphatic hydroxyl groups excluding tert-OH is 2. The highest BCUT2D eigenvalue weighted by molar-refractivity contribution is 6.25. The van der Waals surface area contributed by atoms with Gasteiger partial charge in [0.2, 0.25) is 11.8 Å². The van der Waals surface area contributed by atoms with Gasteiger partial charge < -0.3 is 31.0 Å². The number of nitrogens with zero attached hydrogens (tertiary/aromatic N) is 3. The predicted molar refractivity (Wildman–Crippen MR) is 147 cm³/mol. The maximum atomic E-state index is 13.9. The Labute approximate surface area is 235 Å². The molecule has 1 fully saturated rings. The Bertz CT molecular complexity index is 1660. The molecule has 1 saturated heterocycles. The van der Waals surface area contributed by atoms with Crippen molar-refractivity contribution >= 4 is 28.2 Å². The highest BCUT2D eigenvalue weighted by Crippen LogP contribution is 2.52. The first-order valence-corrected chi connectivity index (χ1v) is 13.4. The van der Waals surface area contributed by atoms with Crippen LogP contribution >= 0.6 is 0 Å². The summed E-state index contributed by atoms with van der Waals surface area (Å²) in [5, 5.41) is 46.6. The SMILES string of the molecule is [C-]#[N+]C1CN(Cc2ccc3cc4c(c(O)c3c2)C(=O)C2=C(O)[C@]3(O)C(=O)C(C(N)=O)=C(O)[C@@H](N(C)C)[C@@H]3C[C@@H]2C4)C1. The zero-order valence-electron chi connectivity index (χ0n) is 22.6. The summed E-state index contributed by atoms with van der Waals surface area (Å²) in [5.41, 5.74) is 3.18. The van der Waals surface area contributed by atoms with Crippen molar-refractivity contribution in [2.45, 2.75) is 37.1 Å². The number of amides is 1. The second-order valence-corrected chi connectivity index (χ2v) is 11.8. The number of hydrogen-bond donors (Lipinski definition) is 5. The number of primary amides is 1. The molecule has 0 bridgehead atoms. The number of allylic oxidation sites excluding steroid dienone is 1. The van der Waals surface area contributed by atoms with Crippen molar-refractivity contribution in [2.75, 3.05) is 27.2 Å². The average molecular weight is 559 g/mol. The number of Topliss-reactive ketones (excluding diaryl/α,β-unsaturated/α-hetero) is 2. The Morgan fingerprint density at radius 3 is 2.54 bits per heavy atom. The van der Waals surface area contributed by atoms with E-state index in [4.69, 9.17) is 12.3 Å². The van der Waals surface area contributed by atoms with Gasteiger partial charge in [0, 0.05) is 23.4 Å². The van der Waals surface area contributed by atoms with Gasteiger partial charge in [-0.15, -0.1) is 0 Å². The van der Waals surface area contributed by atoms with Gasteiger partial charge in [-0.3, -0.25) is 24.2 Å². The first-order valence-electron chi connectivity index (χ1n) is 13.4. The molecule has 0 unspecified atom stereocenters. The second kappa shape index (κ2) is 9.14. The number of rotatable bonds is 4. The van der Waals surface area contributed by atoms with Crippen LogP contribution in [0.5, 0.6) is 5.75 Å². The van der Waals surface area contributed by atoms with E-state index in [0.29, 0.717) is 30.6 Å². The van der Waals surface area contributed by atoms with Crippen LogP contribution < -0.4 is 5.73 Å². The molecule has 212 valence electrons. The minimum Gasteiger partial charge on any atom is -0.510 e. The lowest BCUT2D eigenvalue weighted by atomic mass is 9.58. The third kappa shape index (κ3) is 3.71. The molecule has 0 radical (unpaired) electrons. The van der Waals surface area contributed by atoms with Crippen molar-refractivity contribution in [1.29, 1.82) is 0 Å². The molecule has 1 amide bonds. The van der Waals surface area contributed by atoms with Crippen molar-refractivity contribution in [2.24, 2.45) is 17.6 Å². The van der Waals surface area contributed by atoms with Crippen molar-refractivity contribution in [3.63, 3.8) is 0 Å². The number of aromatic hydroxyl groups is 1. The highest BCUT2D eigenvalue weighted by Gasteiger charge is 2.63. The quantitative estimate of drug-likeness (QED) is 0.275. The molecule has 6 rings (SSSR count). The van der Waals surface area contributed by atoms with E-state index in [1.54, 1.807) is 20.2 Å². The van der Waals surface area contributed by atoms with Crippen LogP contribution in [0.15, 0.2) is 46.9 Å². The fourth-order valence-electron chi connectivity index (χ4n) is 7.17. The van der Waals surface area contributed by atoms with Crippen LogP contribution in [0.1, 0.15) is 27.9 Å². The number of likely N-dealkylation sites (tertiary alicyclic amines) is 1. The lowest BCUT2D eigenvalue weighted by Gasteiger charge is -2.50. The van der Waals surface area contributed by atoms with E-state index < -0.39 is 58.0 Å². The minimum atomic E-state index is -2.66. The van der Waals surface area contributed by atoms with Gasteiger partial charge in [-0.1, -0.05) is 18.2 Å². The molecule has 0 saturated carbocycles. The number of phenolic OH excluding ortho intramolecular Hbond substituents is 1. The number of carbonyl (C=O) groups is 3. The number of hydrogen-bond acceptors (Lipinski definition) is 9. The Morgan fingerprint density at radius 1 is 1.20 bits per heavy atom. The number of fused-ring (bicyclic) bond motifs is 4. The fraction of sp³-hybridized carbons (Fsp3) is 0.400. The number of benzene rings is 2. The zero-order chi connectivity index (χ0) is 29.5. The number of phenols is 1. The summed E-state index contributed by atoms with van der Waals surface area (Å²) in [7, 11) is 3.19. The first kappa shape index (κ1) is 27.0. The van der Waals surface area contributed by atoms with Crippen LogP contribution in [-0.2, 0) is 22.6 Å². The Morgan fingerprint density at radius 2 is 1.90 bits per heavy atom. The van der Waals surface area contributed by atoms with E-state index in [2.05, 4.69) is 9.74 Å². The summed E-state index contributed by atoms with van der Waals surface area (Å²) >= 11 is 0. The van der Waals surface area contributed by atoms with Crippen LogP contribution in [0, 0.1) is 18.4 Å². The topological polar surface area (TPSA) is 169 Å². The summed E-state index contributed by atoms with van der Waals surface area (Å²) < 4.78 is 0. The molecule has 11 heteroatoms. The predicted octanol–water partition coefficient (Wildman–Crippen LogP) is 1.38. The summed E-state index contributed by atoms with van der Waals surface area (Å²) in [4.78, 5) is 46.7. The van der Waals surface area contributed by atoms with Crippen LogP contribution in [0.3, 0.4) is 0 Å². The Balaban J connectivity index is 1.45. The normalized spacial score (nSPS) is 28.3. The van der Waals surface area contributed by atoms with Gasteiger partial charge in [-0.25, -0.2) is 6.57 Å². The lowest BCUT2D eigenvalue weighted by Crippen LogP contribution is -2.63. The molecule has 3 aliphatic carbocycles. The molecule has 4 aliphatic rings. The van der Waals surface area contributed by atoms with Crippen LogP contribution in [-0.4, -0.2) is 92.6 Å². The van der Waals surface area contributed by atoms with Crippen LogP contribution in [0.25, 0.3) is 15.6 Å². The van der Waals surface area contributed by atoms with Gasteiger partial charge in [0.25, 0.3) is 5.91 Å². The fourth-order valence-corrected chi connectivity index (χ4v) is 7.17. The maximum Gasteiger partial charge on any atom is 0.255 e. The van der Waals surface area contributed by atoms with Gasteiger partial charge in [0.05, 0.1) is 24.7 Å². The molecule has 11 nitrogen and oxygen atoms in total. The zero-order valence-corrected chi connectivity index (χ0v) is 22.6. The molecular formula is C30H30N4O7. The maximum absolute atomic E-state index is 13.9. The van der Waals surface area contributed by atoms with E-state index in [-0.39, 0.29) is 35.8 Å². The summed E-state index contributed by atoms with van der Waals surface area (Å²) in [5.74, 6) is -6.62. The van der Waals surface area contributed by atoms with Gasteiger partial charge >= 0.3 is 0 Å². The standard InChI is InChI=1S/C30H30N4O7/c1-32-17-11-34(12-17)10-13-4-5-14-7-15-8-16-9-19-23(33(2)3)26(37)22(29(31)40)28(39)30(19,41)27(38)21(16)25(36)20(15)24(35)18(14)6-13/h4-7,16-17,19,23,35,37-38,41H,8-12H2,2-3H3,(H2,31,40)/t16-,19-,23-,30-/m0/s1. The molecule has 1 aliphatic heterocycles. The number of likely N-dealkylation sites (N-methyl/N-ethyl adjacent to an activating group) is 1. The van der Waals surface area contributed by atoms with Crippen LogP contribution in [0.4, 0.5) is 0 Å².